The summed E-state index contributed by atoms with van der Waals surface area (Å²) in [6.45, 7) is 1.54. The number of anilines is 1. The lowest BCUT2D eigenvalue weighted by Crippen LogP contribution is -2.17. The summed E-state index contributed by atoms with van der Waals surface area (Å²) in [5, 5.41) is 0. The van der Waals surface area contributed by atoms with Crippen molar-refractivity contribution in [1.29, 1.82) is 0 Å². The van der Waals surface area contributed by atoms with E-state index in [0.717, 1.165) is 23.4 Å². The summed E-state index contributed by atoms with van der Waals surface area (Å²) < 4.78 is 6.03. The minimum Gasteiger partial charge on any atom is -0.497 e. The molecule has 0 atom stereocenters. The molecule has 120 valence electrons. The van der Waals surface area contributed by atoms with Gasteiger partial charge < -0.3 is 9.64 Å². The number of ether oxygens (including phenoxy) is 1. The first-order chi connectivity index (χ1) is 11.7. The van der Waals surface area contributed by atoms with Gasteiger partial charge in [0.2, 0.25) is 5.95 Å². The highest BCUT2D eigenvalue weighted by Crippen LogP contribution is 2.29. The Morgan fingerprint density at radius 1 is 1.00 bits per heavy atom. The summed E-state index contributed by atoms with van der Waals surface area (Å²) in [5.74, 6) is 2.12. The van der Waals surface area contributed by atoms with Crippen molar-refractivity contribution in [1.82, 2.24) is 19.9 Å². The highest BCUT2D eigenvalue weighted by Gasteiger charge is 2.22. The lowest BCUT2D eigenvalue weighted by molar-refractivity contribution is 0.414. The maximum absolute atomic E-state index is 5.30. The van der Waals surface area contributed by atoms with Crippen LogP contribution in [0.3, 0.4) is 0 Å². The van der Waals surface area contributed by atoms with Crippen molar-refractivity contribution in [2.24, 2.45) is 0 Å². The fourth-order valence-electron chi connectivity index (χ4n) is 2.72. The van der Waals surface area contributed by atoms with E-state index in [-0.39, 0.29) is 0 Å². The van der Waals surface area contributed by atoms with Crippen molar-refractivity contribution < 1.29 is 4.74 Å². The van der Waals surface area contributed by atoms with Gasteiger partial charge >= 0.3 is 0 Å². The first-order valence-corrected chi connectivity index (χ1v) is 8.25. The van der Waals surface area contributed by atoms with Crippen LogP contribution in [0.4, 0.5) is 5.95 Å². The number of rotatable bonds is 3. The number of aromatic nitrogens is 4. The van der Waals surface area contributed by atoms with Crippen LogP contribution in [0.25, 0.3) is 11.5 Å². The first-order valence-electron chi connectivity index (χ1n) is 7.45. The van der Waals surface area contributed by atoms with Crippen molar-refractivity contribution in [2.45, 2.75) is 13.1 Å². The molecule has 24 heavy (non-hydrogen) atoms. The summed E-state index contributed by atoms with van der Waals surface area (Å²) in [4.78, 5) is 19.8. The molecular formula is C17H14BrN5O. The van der Waals surface area contributed by atoms with Crippen LogP contribution < -0.4 is 9.64 Å². The maximum Gasteiger partial charge on any atom is 0.226 e. The topological polar surface area (TPSA) is 64.0 Å². The van der Waals surface area contributed by atoms with Crippen molar-refractivity contribution in [3.63, 3.8) is 0 Å². The molecule has 1 aromatic carbocycles. The van der Waals surface area contributed by atoms with E-state index in [4.69, 9.17) is 4.74 Å². The van der Waals surface area contributed by atoms with Crippen LogP contribution >= 0.6 is 15.9 Å². The second-order valence-electron chi connectivity index (χ2n) is 5.44. The molecule has 6 nitrogen and oxygen atoms in total. The molecule has 0 amide bonds. The van der Waals surface area contributed by atoms with Gasteiger partial charge in [0.15, 0.2) is 5.82 Å². The van der Waals surface area contributed by atoms with Crippen LogP contribution in [-0.4, -0.2) is 27.0 Å². The van der Waals surface area contributed by atoms with E-state index < -0.39 is 0 Å². The summed E-state index contributed by atoms with van der Waals surface area (Å²) in [6, 6.07) is 9.74. The van der Waals surface area contributed by atoms with Gasteiger partial charge in [-0.05, 0) is 51.3 Å². The fraction of sp³-hybridized carbons (Fsp3) is 0.176. The van der Waals surface area contributed by atoms with E-state index in [9.17, 15) is 0 Å². The van der Waals surface area contributed by atoms with E-state index in [0.29, 0.717) is 17.5 Å². The predicted molar refractivity (Wildman–Crippen MR) is 93.6 cm³/mol. The van der Waals surface area contributed by atoms with Gasteiger partial charge in [-0.15, -0.1) is 0 Å². The number of halogens is 1. The van der Waals surface area contributed by atoms with E-state index in [1.165, 1.54) is 11.1 Å². The van der Waals surface area contributed by atoms with Gasteiger partial charge in [0.1, 0.15) is 16.0 Å². The third kappa shape index (κ3) is 2.82. The molecule has 3 heterocycles. The molecule has 1 aliphatic rings. The third-order valence-corrected chi connectivity index (χ3v) is 4.35. The van der Waals surface area contributed by atoms with Gasteiger partial charge in [0.05, 0.1) is 7.11 Å². The lowest BCUT2D eigenvalue weighted by Gasteiger charge is -2.15. The van der Waals surface area contributed by atoms with Gasteiger partial charge in [0.25, 0.3) is 0 Å². The Balaban J connectivity index is 1.63. The van der Waals surface area contributed by atoms with Crippen LogP contribution in [0.15, 0.2) is 47.3 Å². The number of fused-ring (bicyclic) bond motifs is 1. The zero-order valence-electron chi connectivity index (χ0n) is 13.0. The van der Waals surface area contributed by atoms with Gasteiger partial charge in [-0.25, -0.2) is 19.9 Å². The first kappa shape index (κ1) is 15.0. The number of benzene rings is 1. The average Bonchev–Trinajstić information content (AvgIpc) is 3.05. The zero-order chi connectivity index (χ0) is 16.5. The largest absolute Gasteiger partial charge is 0.497 e. The van der Waals surface area contributed by atoms with E-state index in [1.54, 1.807) is 25.6 Å². The molecule has 1 aliphatic heterocycles. The Morgan fingerprint density at radius 2 is 1.83 bits per heavy atom. The van der Waals surface area contributed by atoms with Crippen molar-refractivity contribution in [2.75, 3.05) is 12.0 Å². The number of nitrogens with zero attached hydrogens (tertiary/aromatic N) is 5. The van der Waals surface area contributed by atoms with Gasteiger partial charge in [-0.3, -0.25) is 0 Å². The Morgan fingerprint density at radius 3 is 2.67 bits per heavy atom. The van der Waals surface area contributed by atoms with E-state index in [2.05, 4.69) is 52.9 Å². The molecule has 0 saturated heterocycles. The quantitative estimate of drug-likeness (QED) is 0.647. The highest BCUT2D eigenvalue weighted by atomic mass is 79.9. The highest BCUT2D eigenvalue weighted by molar-refractivity contribution is 9.10. The number of hydrogen-bond donors (Lipinski definition) is 0. The zero-order valence-corrected chi connectivity index (χ0v) is 14.6. The van der Waals surface area contributed by atoms with E-state index >= 15 is 0 Å². The van der Waals surface area contributed by atoms with Crippen LogP contribution in [0, 0.1) is 0 Å². The Labute approximate surface area is 147 Å². The Kier molecular flexibility index (Phi) is 3.86. The monoisotopic (exact) mass is 383 g/mol. The van der Waals surface area contributed by atoms with Gasteiger partial charge in [0, 0.05) is 25.5 Å². The van der Waals surface area contributed by atoms with Crippen LogP contribution in [0.1, 0.15) is 11.1 Å². The second kappa shape index (κ2) is 6.16. The number of hydrogen-bond acceptors (Lipinski definition) is 6. The van der Waals surface area contributed by atoms with E-state index in [1.807, 2.05) is 12.1 Å². The molecule has 0 saturated carbocycles. The Hall–Kier alpha value is -2.54. The molecule has 0 bridgehead atoms. The lowest BCUT2D eigenvalue weighted by atomic mass is 10.1. The molecule has 0 aliphatic carbocycles. The normalized spacial score (nSPS) is 13.0. The summed E-state index contributed by atoms with van der Waals surface area (Å²) in [5.41, 5.74) is 3.21. The Bertz CT molecular complexity index is 902. The van der Waals surface area contributed by atoms with Crippen molar-refractivity contribution in [3.8, 4) is 17.3 Å². The molecule has 0 spiro atoms. The fourth-order valence-corrected chi connectivity index (χ4v) is 3.01. The average molecular weight is 384 g/mol. The van der Waals surface area contributed by atoms with Crippen LogP contribution in [-0.2, 0) is 13.1 Å². The smallest absolute Gasteiger partial charge is 0.226 e. The molecule has 0 unspecified atom stereocenters. The maximum atomic E-state index is 5.30. The molecule has 3 aromatic rings. The number of methoxy groups -OCH3 is 1. The molecule has 4 rings (SSSR count). The van der Waals surface area contributed by atoms with Crippen molar-refractivity contribution in [3.05, 3.63) is 58.5 Å². The molecule has 7 heteroatoms. The van der Waals surface area contributed by atoms with Crippen LogP contribution in [0.2, 0.25) is 0 Å². The second-order valence-corrected chi connectivity index (χ2v) is 6.25. The predicted octanol–water partition coefficient (Wildman–Crippen LogP) is 3.22. The van der Waals surface area contributed by atoms with Crippen LogP contribution in [0.5, 0.6) is 5.75 Å². The van der Waals surface area contributed by atoms with Gasteiger partial charge in [-0.1, -0.05) is 6.07 Å². The molecule has 0 fully saturated rings. The molecular weight excluding hydrogens is 370 g/mol. The summed E-state index contributed by atoms with van der Waals surface area (Å²) in [7, 11) is 1.68. The standard InChI is InChI=1S/C17H14BrN5O/c1-24-13-3-2-11-9-23(10-12(11)8-13)17-20-6-4-14(21-17)16-19-7-5-15(18)22-16/h2-8H,9-10H2,1H3. The summed E-state index contributed by atoms with van der Waals surface area (Å²) >= 11 is 3.36. The summed E-state index contributed by atoms with van der Waals surface area (Å²) in [6.07, 6.45) is 3.44. The molecule has 2 aromatic heterocycles. The minimum atomic E-state index is 0.575. The SMILES string of the molecule is COc1ccc2c(c1)CN(c1nccc(-c3nccc(Br)n3)n1)C2. The molecule has 0 N–H and O–H groups in total. The van der Waals surface area contributed by atoms with Gasteiger partial charge in [-0.2, -0.15) is 0 Å². The third-order valence-electron chi connectivity index (χ3n) is 3.91. The molecule has 0 radical (unpaired) electrons. The minimum absolute atomic E-state index is 0.575. The van der Waals surface area contributed by atoms with Crippen molar-refractivity contribution >= 4 is 21.9 Å².